The fourth-order valence-corrected chi connectivity index (χ4v) is 1.88. The fraction of sp³-hybridized carbons (Fsp3) is 0.0714. The first kappa shape index (κ1) is 13.5. The Morgan fingerprint density at radius 3 is 2.53 bits per heavy atom. The minimum absolute atomic E-state index is 0.263. The molecule has 0 bridgehead atoms. The van der Waals surface area contributed by atoms with Gasteiger partial charge in [0.15, 0.2) is 0 Å². The van der Waals surface area contributed by atoms with Gasteiger partial charge in [0.2, 0.25) is 5.91 Å². The summed E-state index contributed by atoms with van der Waals surface area (Å²) >= 11 is 3.35. The Morgan fingerprint density at radius 1 is 1.21 bits per heavy atom. The maximum absolute atomic E-state index is 13.6. The molecule has 2 rings (SSSR count). The lowest BCUT2D eigenvalue weighted by Gasteiger charge is -2.09. The van der Waals surface area contributed by atoms with Crippen molar-refractivity contribution in [2.45, 2.75) is 6.54 Å². The highest BCUT2D eigenvalue weighted by Gasteiger charge is 2.06. The Morgan fingerprint density at radius 2 is 1.89 bits per heavy atom. The topological polar surface area (TPSA) is 55.1 Å². The molecule has 3 N–H and O–H groups in total. The van der Waals surface area contributed by atoms with Crippen molar-refractivity contribution in [3.63, 3.8) is 0 Å². The first-order valence-electron chi connectivity index (χ1n) is 5.64. The summed E-state index contributed by atoms with van der Waals surface area (Å²) < 4.78 is 14.6. The van der Waals surface area contributed by atoms with Crippen molar-refractivity contribution < 1.29 is 9.18 Å². The number of carbonyl (C=O) groups is 1. The summed E-state index contributed by atoms with van der Waals surface area (Å²) in [5.41, 5.74) is 6.71. The van der Waals surface area contributed by atoms with Gasteiger partial charge in [-0.1, -0.05) is 28.1 Å². The van der Waals surface area contributed by atoms with Crippen molar-refractivity contribution in [3.05, 3.63) is 63.9 Å². The van der Waals surface area contributed by atoms with Crippen LogP contribution in [0.25, 0.3) is 0 Å². The highest BCUT2D eigenvalue weighted by molar-refractivity contribution is 9.10. The number of nitrogens with two attached hydrogens (primary N) is 1. The molecule has 5 heteroatoms. The van der Waals surface area contributed by atoms with Crippen molar-refractivity contribution >= 4 is 27.5 Å². The molecule has 19 heavy (non-hydrogen) atoms. The molecule has 3 nitrogen and oxygen atoms in total. The van der Waals surface area contributed by atoms with E-state index in [1.54, 1.807) is 0 Å². The summed E-state index contributed by atoms with van der Waals surface area (Å²) in [4.78, 5) is 11.0. The van der Waals surface area contributed by atoms with Gasteiger partial charge in [0.05, 0.1) is 5.69 Å². The maximum Gasteiger partial charge on any atom is 0.248 e. The average molecular weight is 323 g/mol. The molecule has 98 valence electrons. The lowest BCUT2D eigenvalue weighted by atomic mass is 10.1. The summed E-state index contributed by atoms with van der Waals surface area (Å²) in [7, 11) is 0. The number of hydrogen-bond acceptors (Lipinski definition) is 2. The minimum atomic E-state index is -0.577. The van der Waals surface area contributed by atoms with E-state index in [2.05, 4.69) is 21.2 Å². The Hall–Kier alpha value is -1.88. The van der Waals surface area contributed by atoms with Crippen LogP contribution in [0.15, 0.2) is 46.9 Å². The summed E-state index contributed by atoms with van der Waals surface area (Å²) in [6.07, 6.45) is 0. The summed E-state index contributed by atoms with van der Waals surface area (Å²) in [5, 5.41) is 2.95. The molecular weight excluding hydrogens is 311 g/mol. The number of rotatable bonds is 4. The lowest BCUT2D eigenvalue weighted by molar-refractivity contribution is 0.100. The predicted octanol–water partition coefficient (Wildman–Crippen LogP) is 3.30. The molecule has 0 atom stereocenters. The second-order valence-corrected chi connectivity index (χ2v) is 4.95. The van der Waals surface area contributed by atoms with Crippen LogP contribution < -0.4 is 11.1 Å². The first-order valence-corrected chi connectivity index (χ1v) is 6.43. The van der Waals surface area contributed by atoms with Crippen LogP contribution in [0.4, 0.5) is 10.1 Å². The van der Waals surface area contributed by atoms with Gasteiger partial charge in [-0.25, -0.2) is 4.39 Å². The number of amides is 1. The SMILES string of the molecule is NC(=O)c1ccc(F)c(NCc2ccc(Br)cc2)c1. The van der Waals surface area contributed by atoms with Crippen LogP contribution in [0, 0.1) is 5.82 Å². The van der Waals surface area contributed by atoms with E-state index < -0.39 is 11.7 Å². The van der Waals surface area contributed by atoms with Gasteiger partial charge in [0.1, 0.15) is 5.82 Å². The zero-order chi connectivity index (χ0) is 13.8. The van der Waals surface area contributed by atoms with E-state index in [4.69, 9.17) is 5.73 Å². The van der Waals surface area contributed by atoms with E-state index in [1.165, 1.54) is 18.2 Å². The molecule has 0 heterocycles. The lowest BCUT2D eigenvalue weighted by Crippen LogP contribution is -2.12. The Labute approximate surface area is 118 Å². The molecule has 0 unspecified atom stereocenters. The van der Waals surface area contributed by atoms with Crippen molar-refractivity contribution in [2.24, 2.45) is 5.73 Å². The van der Waals surface area contributed by atoms with Crippen LogP contribution in [-0.2, 0) is 6.54 Å². The van der Waals surface area contributed by atoms with Gasteiger partial charge in [-0.05, 0) is 35.9 Å². The van der Waals surface area contributed by atoms with Crippen molar-refractivity contribution in [3.8, 4) is 0 Å². The summed E-state index contributed by atoms with van der Waals surface area (Å²) in [5.74, 6) is -0.992. The molecule has 2 aromatic carbocycles. The van der Waals surface area contributed by atoms with Crippen LogP contribution in [0.5, 0.6) is 0 Å². The van der Waals surface area contributed by atoms with Crippen LogP contribution >= 0.6 is 15.9 Å². The van der Waals surface area contributed by atoms with Crippen LogP contribution in [0.1, 0.15) is 15.9 Å². The predicted molar refractivity (Wildman–Crippen MR) is 76.4 cm³/mol. The molecule has 0 aliphatic carbocycles. The summed E-state index contributed by atoms with van der Waals surface area (Å²) in [6, 6.07) is 11.7. The highest BCUT2D eigenvalue weighted by atomic mass is 79.9. The number of hydrogen-bond donors (Lipinski definition) is 2. The van der Waals surface area contributed by atoms with Crippen LogP contribution in [-0.4, -0.2) is 5.91 Å². The van der Waals surface area contributed by atoms with Gasteiger partial charge in [-0.3, -0.25) is 4.79 Å². The second-order valence-electron chi connectivity index (χ2n) is 4.04. The van der Waals surface area contributed by atoms with Crippen LogP contribution in [0.2, 0.25) is 0 Å². The number of nitrogens with one attached hydrogen (secondary N) is 1. The first-order chi connectivity index (χ1) is 9.06. The zero-order valence-electron chi connectivity index (χ0n) is 9.99. The van der Waals surface area contributed by atoms with E-state index >= 15 is 0 Å². The number of halogens is 2. The minimum Gasteiger partial charge on any atom is -0.379 e. The molecule has 0 aromatic heterocycles. The van der Waals surface area contributed by atoms with Crippen molar-refractivity contribution in [2.75, 3.05) is 5.32 Å². The van der Waals surface area contributed by atoms with E-state index in [0.29, 0.717) is 6.54 Å². The van der Waals surface area contributed by atoms with E-state index in [9.17, 15) is 9.18 Å². The van der Waals surface area contributed by atoms with Crippen LogP contribution in [0.3, 0.4) is 0 Å². The third-order valence-corrected chi connectivity index (χ3v) is 3.18. The quantitative estimate of drug-likeness (QED) is 0.907. The Bertz CT molecular complexity index is 599. The number of anilines is 1. The molecule has 1 amide bonds. The number of benzene rings is 2. The van der Waals surface area contributed by atoms with Gasteiger partial charge in [-0.15, -0.1) is 0 Å². The van der Waals surface area contributed by atoms with Gasteiger partial charge in [-0.2, -0.15) is 0 Å². The van der Waals surface area contributed by atoms with Crippen molar-refractivity contribution in [1.82, 2.24) is 0 Å². The molecule has 0 saturated heterocycles. The van der Waals surface area contributed by atoms with E-state index in [-0.39, 0.29) is 11.3 Å². The van der Waals surface area contributed by atoms with Gasteiger partial charge < -0.3 is 11.1 Å². The zero-order valence-corrected chi connectivity index (χ0v) is 11.6. The third kappa shape index (κ3) is 3.54. The van der Waals surface area contributed by atoms with Crippen molar-refractivity contribution in [1.29, 1.82) is 0 Å². The Kier molecular flexibility index (Phi) is 4.16. The molecule has 2 aromatic rings. The molecule has 0 saturated carbocycles. The summed E-state index contributed by atoms with van der Waals surface area (Å²) in [6.45, 7) is 0.465. The van der Waals surface area contributed by atoms with Gasteiger partial charge >= 0.3 is 0 Å². The molecule has 0 radical (unpaired) electrons. The average Bonchev–Trinajstić information content (AvgIpc) is 2.39. The molecule has 0 spiro atoms. The third-order valence-electron chi connectivity index (χ3n) is 2.65. The smallest absolute Gasteiger partial charge is 0.248 e. The van der Waals surface area contributed by atoms with Gasteiger partial charge in [0.25, 0.3) is 0 Å². The standard InChI is InChI=1S/C14H12BrFN2O/c15-11-4-1-9(2-5-11)8-18-13-7-10(14(17)19)3-6-12(13)16/h1-7,18H,8H2,(H2,17,19). The molecule has 0 aliphatic heterocycles. The largest absolute Gasteiger partial charge is 0.379 e. The van der Waals surface area contributed by atoms with E-state index in [1.807, 2.05) is 24.3 Å². The number of primary amides is 1. The Balaban J connectivity index is 2.12. The maximum atomic E-state index is 13.6. The molecule has 0 aliphatic rings. The highest BCUT2D eigenvalue weighted by Crippen LogP contribution is 2.18. The molecular formula is C14H12BrFN2O. The van der Waals surface area contributed by atoms with E-state index in [0.717, 1.165) is 10.0 Å². The molecule has 0 fully saturated rings. The van der Waals surface area contributed by atoms with Gasteiger partial charge in [0, 0.05) is 16.6 Å². The fourth-order valence-electron chi connectivity index (χ4n) is 1.61. The monoisotopic (exact) mass is 322 g/mol. The number of carbonyl (C=O) groups excluding carboxylic acids is 1. The normalized spacial score (nSPS) is 10.2. The second kappa shape index (κ2) is 5.84.